The van der Waals surface area contributed by atoms with Gasteiger partial charge in [0.2, 0.25) is 0 Å². The summed E-state index contributed by atoms with van der Waals surface area (Å²) in [4.78, 5) is 23.9. The number of thioether (sulfide) groups is 1. The van der Waals surface area contributed by atoms with Gasteiger partial charge in [-0.2, -0.15) is 4.99 Å². The Bertz CT molecular complexity index is 1750. The summed E-state index contributed by atoms with van der Waals surface area (Å²) in [5.74, 6) is 0.806. The molecule has 2 amide bonds. The van der Waals surface area contributed by atoms with E-state index in [1.807, 2.05) is 38.1 Å². The molecule has 0 aliphatic carbocycles. The van der Waals surface area contributed by atoms with E-state index in [2.05, 4.69) is 50.8 Å². The number of nitrogens with one attached hydrogen (secondary N) is 1. The summed E-state index contributed by atoms with van der Waals surface area (Å²) in [6, 6.07) is 17.6. The number of hydrogen-bond donors (Lipinski definition) is 1. The number of aliphatic imine (C=N–C) groups is 1. The first kappa shape index (κ1) is 34.9. The number of hydrogen-bond acceptors (Lipinski definition) is 5. The average Bonchev–Trinajstić information content (AvgIpc) is 3.51. The van der Waals surface area contributed by atoms with Gasteiger partial charge in [-0.3, -0.25) is 0 Å². The maximum atomic E-state index is 14.1. The Hall–Kier alpha value is -4.39. The van der Waals surface area contributed by atoms with Crippen molar-refractivity contribution in [3.05, 3.63) is 90.0 Å². The fraction of sp³-hybridized carbons (Fsp3) is 0.371. The SMILES string of the molecule is CC(C)c1cc(F)ccc1N1/C(=N/C(=O)NCC(C)(C)Cc2ccc(-c3ncn(-c4ccc(OC(F)(F)F)cc4)n3)cc2)SCCC1C. The number of anilines is 1. The Kier molecular flexibility index (Phi) is 10.5. The maximum absolute atomic E-state index is 14.1. The van der Waals surface area contributed by atoms with Crippen molar-refractivity contribution in [2.45, 2.75) is 65.8 Å². The van der Waals surface area contributed by atoms with Crippen LogP contribution in [0.15, 0.2) is 78.0 Å². The molecule has 5 rings (SSSR count). The molecule has 0 bridgehead atoms. The van der Waals surface area contributed by atoms with Gasteiger partial charge >= 0.3 is 12.4 Å². The van der Waals surface area contributed by atoms with Crippen molar-refractivity contribution in [3.8, 4) is 22.8 Å². The highest BCUT2D eigenvalue weighted by atomic mass is 32.2. The number of alkyl halides is 3. The molecule has 13 heteroatoms. The number of carbonyl (C=O) groups is 1. The van der Waals surface area contributed by atoms with Gasteiger partial charge in [-0.1, -0.05) is 63.7 Å². The van der Waals surface area contributed by atoms with Crippen molar-refractivity contribution in [2.24, 2.45) is 10.4 Å². The average molecular weight is 683 g/mol. The van der Waals surface area contributed by atoms with Crippen molar-refractivity contribution in [1.82, 2.24) is 20.1 Å². The van der Waals surface area contributed by atoms with Crippen LogP contribution in [0.4, 0.5) is 28.0 Å². The molecule has 1 unspecified atom stereocenters. The number of urea groups is 1. The maximum Gasteiger partial charge on any atom is 0.573 e. The van der Waals surface area contributed by atoms with E-state index in [1.54, 1.807) is 12.1 Å². The standard InChI is InChI=1S/C35H38F4N6O2S/c1-22(2)29-18-26(36)10-15-30(29)45-23(3)16-17-48-33(45)42-32(46)40-20-34(4,5)19-24-6-8-25(9-7-24)31-41-21-44(43-31)27-11-13-28(14-12-27)47-35(37,38)39/h6-15,18,21-23H,16-17,19-20H2,1-5H3,(H,40,46)/b42-33-. The van der Waals surface area contributed by atoms with Crippen LogP contribution < -0.4 is 15.0 Å². The van der Waals surface area contributed by atoms with Crippen LogP contribution in [-0.4, -0.2) is 50.7 Å². The van der Waals surface area contributed by atoms with Crippen molar-refractivity contribution in [3.63, 3.8) is 0 Å². The number of aromatic nitrogens is 3. The molecule has 1 aliphatic rings. The molecule has 8 nitrogen and oxygen atoms in total. The molecule has 1 atom stereocenters. The van der Waals surface area contributed by atoms with Gasteiger partial charge in [0.15, 0.2) is 11.0 Å². The van der Waals surface area contributed by atoms with E-state index in [9.17, 15) is 22.4 Å². The summed E-state index contributed by atoms with van der Waals surface area (Å²) in [5, 5.41) is 8.05. The lowest BCUT2D eigenvalue weighted by Gasteiger charge is -2.37. The van der Waals surface area contributed by atoms with Gasteiger partial charge in [0.1, 0.15) is 17.9 Å². The van der Waals surface area contributed by atoms with Crippen molar-refractivity contribution in [2.75, 3.05) is 17.2 Å². The Morgan fingerprint density at radius 1 is 1.08 bits per heavy atom. The zero-order valence-corrected chi connectivity index (χ0v) is 28.2. The number of amides is 2. The fourth-order valence-corrected chi connectivity index (χ4v) is 6.70. The van der Waals surface area contributed by atoms with E-state index >= 15 is 0 Å². The summed E-state index contributed by atoms with van der Waals surface area (Å²) >= 11 is 1.53. The van der Waals surface area contributed by atoms with E-state index in [0.29, 0.717) is 29.6 Å². The van der Waals surface area contributed by atoms with Gasteiger partial charge < -0.3 is 15.0 Å². The van der Waals surface area contributed by atoms with Gasteiger partial charge in [-0.05, 0) is 84.7 Å². The first-order valence-electron chi connectivity index (χ1n) is 15.6. The summed E-state index contributed by atoms with van der Waals surface area (Å²) < 4.78 is 56.9. The number of ether oxygens (including phenoxy) is 1. The van der Waals surface area contributed by atoms with Crippen LogP contribution in [0.25, 0.3) is 17.1 Å². The second kappa shape index (κ2) is 14.4. The lowest BCUT2D eigenvalue weighted by atomic mass is 9.85. The van der Waals surface area contributed by atoms with E-state index < -0.39 is 12.4 Å². The zero-order chi connectivity index (χ0) is 34.6. The summed E-state index contributed by atoms with van der Waals surface area (Å²) in [5.41, 5.74) is 3.84. The summed E-state index contributed by atoms with van der Waals surface area (Å²) in [7, 11) is 0. The topological polar surface area (TPSA) is 84.6 Å². The van der Waals surface area contributed by atoms with Crippen LogP contribution in [0.5, 0.6) is 5.75 Å². The normalized spacial score (nSPS) is 16.4. The molecular formula is C35H38F4N6O2S. The van der Waals surface area contributed by atoms with Gasteiger partial charge in [0, 0.05) is 29.6 Å². The molecule has 1 N–H and O–H groups in total. The number of halogens is 4. The van der Waals surface area contributed by atoms with E-state index in [1.165, 1.54) is 53.1 Å². The third kappa shape index (κ3) is 8.94. The number of rotatable bonds is 9. The van der Waals surface area contributed by atoms with Crippen LogP contribution in [-0.2, 0) is 6.42 Å². The van der Waals surface area contributed by atoms with E-state index in [-0.39, 0.29) is 28.9 Å². The number of carbonyl (C=O) groups excluding carboxylic acids is 1. The van der Waals surface area contributed by atoms with E-state index in [4.69, 9.17) is 0 Å². The predicted octanol–water partition coefficient (Wildman–Crippen LogP) is 8.76. The lowest BCUT2D eigenvalue weighted by molar-refractivity contribution is -0.274. The van der Waals surface area contributed by atoms with Crippen molar-refractivity contribution >= 4 is 28.6 Å². The molecule has 1 fully saturated rings. The molecular weight excluding hydrogens is 644 g/mol. The molecule has 1 saturated heterocycles. The highest BCUT2D eigenvalue weighted by molar-refractivity contribution is 8.14. The molecule has 1 aliphatic heterocycles. The van der Waals surface area contributed by atoms with Gasteiger partial charge in [0.05, 0.1) is 5.69 Å². The number of nitrogens with zero attached hydrogens (tertiary/aromatic N) is 5. The highest BCUT2D eigenvalue weighted by Gasteiger charge is 2.31. The largest absolute Gasteiger partial charge is 0.573 e. The summed E-state index contributed by atoms with van der Waals surface area (Å²) in [6.07, 6.45) is -1.66. The molecule has 0 saturated carbocycles. The van der Waals surface area contributed by atoms with Gasteiger partial charge in [0.25, 0.3) is 0 Å². The highest BCUT2D eigenvalue weighted by Crippen LogP contribution is 2.35. The van der Waals surface area contributed by atoms with Crippen LogP contribution >= 0.6 is 11.8 Å². The Morgan fingerprint density at radius 3 is 2.46 bits per heavy atom. The Morgan fingerprint density at radius 2 is 1.79 bits per heavy atom. The third-order valence-corrected chi connectivity index (χ3v) is 8.91. The molecule has 254 valence electrons. The molecule has 0 spiro atoms. The third-order valence-electron chi connectivity index (χ3n) is 7.92. The molecule has 4 aromatic rings. The first-order valence-corrected chi connectivity index (χ1v) is 16.6. The van der Waals surface area contributed by atoms with Crippen LogP contribution in [0, 0.1) is 11.2 Å². The molecule has 2 heterocycles. The smallest absolute Gasteiger partial charge is 0.406 e. The monoisotopic (exact) mass is 682 g/mol. The predicted molar refractivity (Wildman–Crippen MR) is 181 cm³/mol. The van der Waals surface area contributed by atoms with E-state index in [0.717, 1.165) is 34.6 Å². The van der Waals surface area contributed by atoms with Gasteiger partial charge in [-0.15, -0.1) is 18.3 Å². The minimum absolute atomic E-state index is 0.101. The fourth-order valence-electron chi connectivity index (χ4n) is 5.49. The van der Waals surface area contributed by atoms with Crippen LogP contribution in [0.3, 0.4) is 0 Å². The molecule has 48 heavy (non-hydrogen) atoms. The molecule has 3 aromatic carbocycles. The molecule has 0 radical (unpaired) electrons. The van der Waals surface area contributed by atoms with Gasteiger partial charge in [-0.25, -0.2) is 18.9 Å². The number of amidine groups is 1. The first-order chi connectivity index (χ1) is 22.7. The second-order valence-electron chi connectivity index (χ2n) is 12.9. The van der Waals surface area contributed by atoms with Crippen molar-refractivity contribution < 1.29 is 27.1 Å². The summed E-state index contributed by atoms with van der Waals surface area (Å²) in [6.45, 7) is 10.7. The van der Waals surface area contributed by atoms with Crippen LogP contribution in [0.2, 0.25) is 0 Å². The molecule has 1 aromatic heterocycles. The minimum Gasteiger partial charge on any atom is -0.406 e. The number of benzene rings is 3. The quantitative estimate of drug-likeness (QED) is 0.178. The second-order valence-corrected chi connectivity index (χ2v) is 13.9. The Labute approximate surface area is 281 Å². The Balaban J connectivity index is 1.20. The van der Waals surface area contributed by atoms with Crippen LogP contribution in [0.1, 0.15) is 58.1 Å². The van der Waals surface area contributed by atoms with Crippen molar-refractivity contribution in [1.29, 1.82) is 0 Å². The zero-order valence-electron chi connectivity index (χ0n) is 27.4. The minimum atomic E-state index is -4.76. The lowest BCUT2D eigenvalue weighted by Crippen LogP contribution is -2.43.